The second-order valence-corrected chi connectivity index (χ2v) is 11.0. The van der Waals surface area contributed by atoms with Crippen molar-refractivity contribution in [3.63, 3.8) is 0 Å². The van der Waals surface area contributed by atoms with Crippen LogP contribution in [-0.4, -0.2) is 46.0 Å². The van der Waals surface area contributed by atoms with Crippen LogP contribution in [0.4, 0.5) is 0 Å². The Kier molecular flexibility index (Phi) is 5.57. The summed E-state index contributed by atoms with van der Waals surface area (Å²) < 4.78 is 5.88. The normalized spacial score (nSPS) is 44.9. The van der Waals surface area contributed by atoms with Crippen LogP contribution in [0, 0.1) is 34.5 Å². The van der Waals surface area contributed by atoms with Gasteiger partial charge in [0.2, 0.25) is 5.78 Å². The van der Waals surface area contributed by atoms with Gasteiger partial charge >= 0.3 is 5.97 Å². The molecule has 4 aliphatic rings. The lowest BCUT2D eigenvalue weighted by molar-refractivity contribution is -0.196. The minimum absolute atomic E-state index is 0.0386. The fourth-order valence-corrected chi connectivity index (χ4v) is 7.99. The molecule has 0 unspecified atom stereocenters. The molecule has 174 valence electrons. The molecule has 4 rings (SSSR count). The Labute approximate surface area is 193 Å². The van der Waals surface area contributed by atoms with E-state index in [1.165, 1.54) is 6.08 Å². The summed E-state index contributed by atoms with van der Waals surface area (Å²) in [5.74, 6) is -2.37. The molecule has 8 atom stereocenters. The average molecular weight is 463 g/mol. The second-order valence-electron chi connectivity index (χ2n) is 10.4. The third kappa shape index (κ3) is 2.88. The van der Waals surface area contributed by atoms with Crippen LogP contribution in [-0.2, 0) is 23.9 Å². The summed E-state index contributed by atoms with van der Waals surface area (Å²) >= 11 is 6.93. The van der Waals surface area contributed by atoms with Gasteiger partial charge in [0, 0.05) is 40.9 Å². The number of rotatable bonds is 4. The van der Waals surface area contributed by atoms with Crippen molar-refractivity contribution >= 4 is 34.9 Å². The average Bonchev–Trinajstić information content (AvgIpc) is 2.95. The summed E-state index contributed by atoms with van der Waals surface area (Å²) in [7, 11) is 0. The first kappa shape index (κ1) is 23.4. The number of esters is 1. The number of ether oxygens (including phenoxy) is 1. The number of allylic oxidation sites excluding steroid dienone is 4. The lowest BCUT2D eigenvalue weighted by Crippen LogP contribution is -2.64. The SMILES string of the molecule is CCC(=O)O[C@@]1(C(=O)CO)[C@H](C)C[C@H]2[C@@H]3[C@H](Cl)CC4=CC(=O)C=C[C@]4(C)[C@H]3C(=O)C[C@@]21C. The van der Waals surface area contributed by atoms with Crippen LogP contribution in [0.25, 0.3) is 0 Å². The van der Waals surface area contributed by atoms with E-state index in [-0.39, 0.29) is 47.5 Å². The van der Waals surface area contributed by atoms with Gasteiger partial charge in [-0.25, -0.2) is 0 Å². The van der Waals surface area contributed by atoms with Crippen LogP contribution in [0.15, 0.2) is 23.8 Å². The van der Waals surface area contributed by atoms with Crippen molar-refractivity contribution in [3.8, 4) is 0 Å². The van der Waals surface area contributed by atoms with E-state index in [9.17, 15) is 24.3 Å². The fraction of sp³-hybridized carbons (Fsp3) is 0.680. The molecule has 0 aromatic heterocycles. The molecule has 4 aliphatic carbocycles. The highest BCUT2D eigenvalue weighted by Crippen LogP contribution is 2.68. The molecule has 0 aromatic carbocycles. The minimum atomic E-state index is -1.56. The molecule has 0 heterocycles. The van der Waals surface area contributed by atoms with Gasteiger partial charge in [0.05, 0.1) is 0 Å². The Morgan fingerprint density at radius 1 is 1.28 bits per heavy atom. The predicted molar refractivity (Wildman–Crippen MR) is 118 cm³/mol. The number of carbonyl (C=O) groups is 4. The van der Waals surface area contributed by atoms with E-state index in [2.05, 4.69) is 0 Å². The monoisotopic (exact) mass is 462 g/mol. The molecule has 0 aliphatic heterocycles. The number of fused-ring (bicyclic) bond motifs is 5. The van der Waals surface area contributed by atoms with Gasteiger partial charge in [-0.15, -0.1) is 11.6 Å². The van der Waals surface area contributed by atoms with E-state index < -0.39 is 40.7 Å². The van der Waals surface area contributed by atoms with E-state index in [1.54, 1.807) is 13.0 Å². The largest absolute Gasteiger partial charge is 0.450 e. The maximum absolute atomic E-state index is 13.8. The summed E-state index contributed by atoms with van der Waals surface area (Å²) in [6.45, 7) is 6.60. The summed E-state index contributed by atoms with van der Waals surface area (Å²) in [4.78, 5) is 51.5. The van der Waals surface area contributed by atoms with Crippen molar-refractivity contribution in [1.82, 2.24) is 0 Å². The highest BCUT2D eigenvalue weighted by molar-refractivity contribution is 6.21. The number of carbonyl (C=O) groups excluding carboxylic acids is 4. The van der Waals surface area contributed by atoms with Crippen LogP contribution >= 0.6 is 11.6 Å². The molecular weight excluding hydrogens is 432 g/mol. The first-order chi connectivity index (χ1) is 15.0. The number of hydrogen-bond acceptors (Lipinski definition) is 6. The van der Waals surface area contributed by atoms with Crippen molar-refractivity contribution in [1.29, 1.82) is 0 Å². The third-order valence-electron chi connectivity index (χ3n) is 8.91. The van der Waals surface area contributed by atoms with Crippen LogP contribution in [0.2, 0.25) is 0 Å². The zero-order chi connectivity index (χ0) is 23.6. The standard InChI is InChI=1S/C25H31ClO6/c1-5-20(31)32-25(19(30)12-27)13(2)8-16-21-17(26)10-14-9-15(28)6-7-23(14,3)22(21)18(29)11-24(16,25)4/h6-7,9,13,16-17,21-22,27H,5,8,10-12H2,1-4H3/t13-,16+,17-,21-,22+,23+,24+,25-/m1/s1. The van der Waals surface area contributed by atoms with Gasteiger partial charge in [-0.1, -0.05) is 39.3 Å². The van der Waals surface area contributed by atoms with Gasteiger partial charge in [0.15, 0.2) is 11.4 Å². The maximum Gasteiger partial charge on any atom is 0.306 e. The number of alkyl halides is 1. The molecule has 0 amide bonds. The summed E-state index contributed by atoms with van der Waals surface area (Å²) in [5.41, 5.74) is -2.25. The van der Waals surface area contributed by atoms with E-state index >= 15 is 0 Å². The third-order valence-corrected chi connectivity index (χ3v) is 9.35. The number of Topliss-reactive ketones (excluding diaryl/α,β-unsaturated/α-hetero) is 2. The number of aliphatic hydroxyl groups is 1. The van der Waals surface area contributed by atoms with Crippen LogP contribution < -0.4 is 0 Å². The molecule has 32 heavy (non-hydrogen) atoms. The molecule has 0 radical (unpaired) electrons. The molecule has 7 heteroatoms. The molecule has 6 nitrogen and oxygen atoms in total. The molecule has 0 aromatic rings. The first-order valence-corrected chi connectivity index (χ1v) is 11.9. The lowest BCUT2D eigenvalue weighted by Gasteiger charge is -2.58. The maximum atomic E-state index is 13.8. The number of hydrogen-bond donors (Lipinski definition) is 1. The van der Waals surface area contributed by atoms with Gasteiger partial charge in [-0.2, -0.15) is 0 Å². The minimum Gasteiger partial charge on any atom is -0.450 e. The highest BCUT2D eigenvalue weighted by Gasteiger charge is 2.73. The number of halogens is 1. The van der Waals surface area contributed by atoms with Crippen molar-refractivity contribution < 1.29 is 29.0 Å². The smallest absolute Gasteiger partial charge is 0.306 e. The quantitative estimate of drug-likeness (QED) is 0.509. The van der Waals surface area contributed by atoms with Crippen molar-refractivity contribution in [2.24, 2.45) is 34.5 Å². The fourth-order valence-electron chi connectivity index (χ4n) is 7.51. The second kappa shape index (κ2) is 7.63. The lowest BCUT2D eigenvalue weighted by atomic mass is 9.46. The van der Waals surface area contributed by atoms with E-state index in [1.807, 2.05) is 26.8 Å². The zero-order valence-corrected chi connectivity index (χ0v) is 19.8. The Morgan fingerprint density at radius 3 is 2.59 bits per heavy atom. The van der Waals surface area contributed by atoms with Crippen molar-refractivity contribution in [2.45, 2.75) is 64.4 Å². The van der Waals surface area contributed by atoms with Gasteiger partial charge in [-0.05, 0) is 36.8 Å². The molecular formula is C25H31ClO6. The topological polar surface area (TPSA) is 97.7 Å². The van der Waals surface area contributed by atoms with Gasteiger partial charge in [0.25, 0.3) is 0 Å². The van der Waals surface area contributed by atoms with E-state index in [4.69, 9.17) is 16.3 Å². The van der Waals surface area contributed by atoms with E-state index in [0.717, 1.165) is 5.57 Å². The van der Waals surface area contributed by atoms with Crippen LogP contribution in [0.5, 0.6) is 0 Å². The Bertz CT molecular complexity index is 952. The molecule has 0 spiro atoms. The summed E-state index contributed by atoms with van der Waals surface area (Å²) in [5, 5.41) is 9.45. The Morgan fingerprint density at radius 2 is 1.97 bits per heavy atom. The van der Waals surface area contributed by atoms with Crippen molar-refractivity contribution in [3.05, 3.63) is 23.8 Å². The zero-order valence-electron chi connectivity index (χ0n) is 19.0. The molecule has 0 bridgehead atoms. The van der Waals surface area contributed by atoms with Gasteiger partial charge in [-0.3, -0.25) is 19.2 Å². The van der Waals surface area contributed by atoms with Gasteiger partial charge in [0.1, 0.15) is 12.4 Å². The Balaban J connectivity index is 1.85. The van der Waals surface area contributed by atoms with Crippen LogP contribution in [0.3, 0.4) is 0 Å². The number of ketones is 3. The van der Waals surface area contributed by atoms with Gasteiger partial charge < -0.3 is 9.84 Å². The predicted octanol–water partition coefficient (Wildman–Crippen LogP) is 3.19. The Hall–Kier alpha value is -1.79. The summed E-state index contributed by atoms with van der Waals surface area (Å²) in [6.07, 6.45) is 6.17. The highest BCUT2D eigenvalue weighted by atomic mass is 35.5. The van der Waals surface area contributed by atoms with E-state index in [0.29, 0.717) is 12.8 Å². The molecule has 1 N–H and O–H groups in total. The molecule has 3 fully saturated rings. The van der Waals surface area contributed by atoms with Crippen molar-refractivity contribution in [2.75, 3.05) is 6.61 Å². The first-order valence-electron chi connectivity index (χ1n) is 11.4. The summed E-state index contributed by atoms with van der Waals surface area (Å²) in [6, 6.07) is 0. The molecule has 3 saturated carbocycles. The molecule has 0 saturated heterocycles. The van der Waals surface area contributed by atoms with Crippen LogP contribution in [0.1, 0.15) is 53.4 Å². The number of aliphatic hydroxyl groups excluding tert-OH is 1.